The Morgan fingerprint density at radius 1 is 1.17 bits per heavy atom. The summed E-state index contributed by atoms with van der Waals surface area (Å²) >= 11 is 5.81. The Bertz CT molecular complexity index is 931. The van der Waals surface area contributed by atoms with E-state index in [4.69, 9.17) is 12.2 Å². The first kappa shape index (κ1) is 22.8. The lowest BCUT2D eigenvalue weighted by atomic mass is 9.94. The van der Waals surface area contributed by atoms with Gasteiger partial charge in [0.15, 0.2) is 5.11 Å². The minimum atomic E-state index is -0.0104. The van der Waals surface area contributed by atoms with Crippen LogP contribution in [0.3, 0.4) is 0 Å². The fourth-order valence-corrected chi connectivity index (χ4v) is 4.78. The van der Waals surface area contributed by atoms with Crippen LogP contribution in [0.1, 0.15) is 55.2 Å². The zero-order valence-corrected chi connectivity index (χ0v) is 19.7. The molecular weight excluding hydrogens is 392 g/mol. The van der Waals surface area contributed by atoms with E-state index in [9.17, 15) is 4.79 Å². The summed E-state index contributed by atoms with van der Waals surface area (Å²) < 4.78 is 0. The van der Waals surface area contributed by atoms with Crippen molar-refractivity contribution in [2.45, 2.75) is 65.0 Å². The van der Waals surface area contributed by atoms with Crippen LogP contribution in [0.15, 0.2) is 23.0 Å². The van der Waals surface area contributed by atoms with Gasteiger partial charge in [0, 0.05) is 29.1 Å². The summed E-state index contributed by atoms with van der Waals surface area (Å²) in [6, 6.07) is 6.68. The largest absolute Gasteiger partial charge is 0.363 e. The maximum atomic E-state index is 12.9. The second-order valence-corrected chi connectivity index (χ2v) is 9.36. The number of aromatic nitrogens is 1. The summed E-state index contributed by atoms with van der Waals surface area (Å²) in [5.41, 5.74) is 4.04. The van der Waals surface area contributed by atoms with Gasteiger partial charge in [0.2, 0.25) is 0 Å². The summed E-state index contributed by atoms with van der Waals surface area (Å²) in [7, 11) is 4.17. The van der Waals surface area contributed by atoms with Crippen LogP contribution in [-0.4, -0.2) is 53.1 Å². The predicted octanol–water partition coefficient (Wildman–Crippen LogP) is 4.11. The van der Waals surface area contributed by atoms with Crippen molar-refractivity contribution in [3.05, 3.63) is 45.2 Å². The number of aryl methyl sites for hydroxylation is 2. The number of thiocarbonyl (C=S) groups is 1. The first-order chi connectivity index (χ1) is 14.3. The summed E-state index contributed by atoms with van der Waals surface area (Å²) in [5.74, 6) is 0. The number of rotatable bonds is 7. The van der Waals surface area contributed by atoms with Crippen LogP contribution >= 0.6 is 12.2 Å². The van der Waals surface area contributed by atoms with Gasteiger partial charge in [0.05, 0.1) is 6.54 Å². The Morgan fingerprint density at radius 2 is 1.90 bits per heavy atom. The van der Waals surface area contributed by atoms with E-state index in [2.05, 4.69) is 60.2 Å². The molecule has 5 nitrogen and oxygen atoms in total. The minimum Gasteiger partial charge on any atom is -0.363 e. The zero-order valence-electron chi connectivity index (χ0n) is 18.9. The fourth-order valence-electron chi connectivity index (χ4n) is 4.47. The van der Waals surface area contributed by atoms with E-state index in [1.165, 1.54) is 24.8 Å². The summed E-state index contributed by atoms with van der Waals surface area (Å²) in [5, 5.41) is 5.34. The van der Waals surface area contributed by atoms with Crippen molar-refractivity contribution in [2.75, 3.05) is 27.2 Å². The lowest BCUT2D eigenvalue weighted by molar-refractivity contribution is 0.234. The van der Waals surface area contributed by atoms with Crippen LogP contribution in [-0.2, 0) is 6.54 Å². The van der Waals surface area contributed by atoms with Crippen LogP contribution in [0.25, 0.3) is 10.9 Å². The molecule has 0 unspecified atom stereocenters. The third-order valence-corrected chi connectivity index (χ3v) is 6.44. The van der Waals surface area contributed by atoms with Crippen LogP contribution in [0.2, 0.25) is 0 Å². The van der Waals surface area contributed by atoms with Gasteiger partial charge in [0.25, 0.3) is 5.56 Å². The average Bonchev–Trinajstić information content (AvgIpc) is 2.70. The Kier molecular flexibility index (Phi) is 7.89. The highest BCUT2D eigenvalue weighted by Gasteiger charge is 2.24. The van der Waals surface area contributed by atoms with Gasteiger partial charge in [-0.2, -0.15) is 0 Å². The second-order valence-electron chi connectivity index (χ2n) is 8.98. The molecule has 164 valence electrons. The van der Waals surface area contributed by atoms with E-state index < -0.39 is 0 Å². The minimum absolute atomic E-state index is 0.0104. The zero-order chi connectivity index (χ0) is 21.7. The van der Waals surface area contributed by atoms with Gasteiger partial charge in [-0.15, -0.1) is 0 Å². The van der Waals surface area contributed by atoms with Gasteiger partial charge in [-0.1, -0.05) is 25.3 Å². The topological polar surface area (TPSA) is 51.4 Å². The predicted molar refractivity (Wildman–Crippen MR) is 130 cm³/mol. The van der Waals surface area contributed by atoms with Crippen LogP contribution < -0.4 is 10.9 Å². The van der Waals surface area contributed by atoms with Gasteiger partial charge in [-0.05, 0) is 89.2 Å². The third kappa shape index (κ3) is 5.82. The Morgan fingerprint density at radius 3 is 2.60 bits per heavy atom. The van der Waals surface area contributed by atoms with Crippen LogP contribution in [0, 0.1) is 13.8 Å². The number of aromatic amines is 1. The van der Waals surface area contributed by atoms with Crippen molar-refractivity contribution in [3.63, 3.8) is 0 Å². The standard InChI is InChI=1S/C24H36N4OS/c1-17-13-18(2)21-15-19(23(29)26-22(21)14-17)16-28(20-9-6-5-7-10-20)24(30)25-11-8-12-27(3)4/h13-15,20H,5-12,16H2,1-4H3,(H,25,30)(H,26,29). The first-order valence-corrected chi connectivity index (χ1v) is 11.6. The summed E-state index contributed by atoms with van der Waals surface area (Å²) in [6.07, 6.45) is 7.09. The monoisotopic (exact) mass is 428 g/mol. The van der Waals surface area contributed by atoms with Crippen molar-refractivity contribution in [2.24, 2.45) is 0 Å². The highest BCUT2D eigenvalue weighted by Crippen LogP contribution is 2.25. The lowest BCUT2D eigenvalue weighted by Crippen LogP contribution is -2.47. The van der Waals surface area contributed by atoms with E-state index in [1.54, 1.807) is 0 Å². The molecule has 0 spiro atoms. The number of fused-ring (bicyclic) bond motifs is 1. The van der Waals surface area contributed by atoms with Gasteiger partial charge in [-0.25, -0.2) is 0 Å². The third-order valence-electron chi connectivity index (χ3n) is 6.06. The molecule has 0 amide bonds. The molecule has 0 aliphatic heterocycles. The smallest absolute Gasteiger partial charge is 0.253 e. The van der Waals surface area contributed by atoms with Crippen molar-refractivity contribution in [1.29, 1.82) is 0 Å². The lowest BCUT2D eigenvalue weighted by Gasteiger charge is -2.36. The van der Waals surface area contributed by atoms with Crippen molar-refractivity contribution < 1.29 is 0 Å². The van der Waals surface area contributed by atoms with Crippen molar-refractivity contribution in [1.82, 2.24) is 20.1 Å². The molecular formula is C24H36N4OS. The number of hydrogen-bond donors (Lipinski definition) is 2. The fraction of sp³-hybridized carbons (Fsp3) is 0.583. The second kappa shape index (κ2) is 10.4. The highest BCUT2D eigenvalue weighted by molar-refractivity contribution is 7.80. The number of benzene rings is 1. The van der Waals surface area contributed by atoms with E-state index in [1.807, 2.05) is 6.07 Å². The molecule has 1 aliphatic carbocycles. The van der Waals surface area contributed by atoms with E-state index in [-0.39, 0.29) is 5.56 Å². The maximum absolute atomic E-state index is 12.9. The van der Waals surface area contributed by atoms with Crippen LogP contribution in [0.4, 0.5) is 0 Å². The molecule has 0 radical (unpaired) electrons. The van der Waals surface area contributed by atoms with E-state index in [0.717, 1.165) is 59.5 Å². The Hall–Kier alpha value is -1.92. The number of nitrogens with one attached hydrogen (secondary N) is 2. The number of nitrogens with zero attached hydrogens (tertiary/aromatic N) is 2. The first-order valence-electron chi connectivity index (χ1n) is 11.2. The molecule has 0 saturated heterocycles. The molecule has 1 heterocycles. The van der Waals surface area contributed by atoms with Gasteiger partial charge in [0.1, 0.15) is 0 Å². The summed E-state index contributed by atoms with van der Waals surface area (Å²) in [6.45, 7) is 6.61. The molecule has 1 saturated carbocycles. The molecule has 0 bridgehead atoms. The molecule has 6 heteroatoms. The molecule has 2 aromatic rings. The average molecular weight is 429 g/mol. The van der Waals surface area contributed by atoms with E-state index >= 15 is 0 Å². The number of pyridine rings is 1. The molecule has 1 aromatic carbocycles. The van der Waals surface area contributed by atoms with Crippen molar-refractivity contribution >= 4 is 28.2 Å². The molecule has 1 fully saturated rings. The summed E-state index contributed by atoms with van der Waals surface area (Å²) in [4.78, 5) is 20.4. The normalized spacial score (nSPS) is 15.0. The SMILES string of the molecule is Cc1cc(C)c2cc(CN(C(=S)NCCCN(C)C)C3CCCCC3)c(=O)[nH]c2c1. The van der Waals surface area contributed by atoms with Crippen LogP contribution in [0.5, 0.6) is 0 Å². The Balaban J connectivity index is 1.82. The van der Waals surface area contributed by atoms with E-state index in [0.29, 0.717) is 12.6 Å². The number of H-pyrrole nitrogens is 1. The molecule has 3 rings (SSSR count). The molecule has 1 aromatic heterocycles. The van der Waals surface area contributed by atoms with Gasteiger partial charge < -0.3 is 20.1 Å². The highest BCUT2D eigenvalue weighted by atomic mass is 32.1. The van der Waals surface area contributed by atoms with Gasteiger partial charge in [-0.3, -0.25) is 4.79 Å². The number of hydrogen-bond acceptors (Lipinski definition) is 3. The molecule has 2 N–H and O–H groups in total. The maximum Gasteiger partial charge on any atom is 0.253 e. The Labute approximate surface area is 185 Å². The van der Waals surface area contributed by atoms with Gasteiger partial charge >= 0.3 is 0 Å². The van der Waals surface area contributed by atoms with Crippen molar-refractivity contribution in [3.8, 4) is 0 Å². The molecule has 0 atom stereocenters. The molecule has 30 heavy (non-hydrogen) atoms. The quantitative estimate of drug-likeness (QED) is 0.514. The molecule has 1 aliphatic rings.